The van der Waals surface area contributed by atoms with Gasteiger partial charge < -0.3 is 4.84 Å². The first-order valence-corrected chi connectivity index (χ1v) is 13.1. The second kappa shape index (κ2) is 13.3. The Morgan fingerprint density at radius 1 is 0.889 bits per heavy atom. The highest BCUT2D eigenvalue weighted by molar-refractivity contribution is 6.30. The van der Waals surface area contributed by atoms with Crippen molar-refractivity contribution in [2.24, 2.45) is 0 Å². The van der Waals surface area contributed by atoms with Crippen molar-refractivity contribution < 1.29 is 9.63 Å². The topological polar surface area (TPSA) is 29.5 Å². The van der Waals surface area contributed by atoms with E-state index in [1.807, 2.05) is 62.4 Å². The van der Waals surface area contributed by atoms with Crippen molar-refractivity contribution >= 4 is 17.6 Å². The molecule has 0 N–H and O–H groups in total. The van der Waals surface area contributed by atoms with Gasteiger partial charge in [0.05, 0.1) is 12.1 Å². The first-order chi connectivity index (χ1) is 17.3. The fourth-order valence-corrected chi connectivity index (χ4v) is 4.22. The van der Waals surface area contributed by atoms with Gasteiger partial charge in [0.1, 0.15) is 0 Å². The summed E-state index contributed by atoms with van der Waals surface area (Å²) < 4.78 is 0. The maximum absolute atomic E-state index is 11.9. The van der Waals surface area contributed by atoms with Gasteiger partial charge in [-0.25, -0.2) is 0 Å². The van der Waals surface area contributed by atoms with Crippen LogP contribution in [-0.2, 0) is 28.1 Å². The van der Waals surface area contributed by atoms with E-state index in [1.54, 1.807) is 5.06 Å². The molecule has 188 valence electrons. The van der Waals surface area contributed by atoms with Crippen LogP contribution in [0.15, 0.2) is 72.8 Å². The Hall–Kier alpha value is -3.06. The van der Waals surface area contributed by atoms with Crippen molar-refractivity contribution in [3.05, 3.63) is 106 Å². The molecule has 0 aliphatic heterocycles. The van der Waals surface area contributed by atoms with E-state index in [4.69, 9.17) is 16.4 Å². The van der Waals surface area contributed by atoms with Crippen LogP contribution < -0.4 is 0 Å². The van der Waals surface area contributed by atoms with Crippen molar-refractivity contribution in [3.63, 3.8) is 0 Å². The Bertz CT molecular complexity index is 1190. The standard InChI is InChI=1S/C32H36ClNO2/c1-5-6-7-8-10-26-13-15-27(16-14-26)17-18-28-19-21-29(22-20-28)24-34(36-25(2)35)32(3,4)30-11-9-12-31(33)23-30/h9,11-16,19-23H,5-8,10,24H2,1-4H3. The average Bonchev–Trinajstić information content (AvgIpc) is 2.86. The summed E-state index contributed by atoms with van der Waals surface area (Å²) in [6.07, 6.45) is 6.25. The van der Waals surface area contributed by atoms with E-state index < -0.39 is 5.54 Å². The third-order valence-electron chi connectivity index (χ3n) is 6.30. The molecule has 0 saturated heterocycles. The Balaban J connectivity index is 1.67. The molecule has 0 heterocycles. The van der Waals surface area contributed by atoms with Crippen molar-refractivity contribution in [2.45, 2.75) is 71.9 Å². The maximum Gasteiger partial charge on any atom is 0.322 e. The van der Waals surface area contributed by atoms with Crippen LogP contribution >= 0.6 is 11.6 Å². The van der Waals surface area contributed by atoms with Crippen LogP contribution in [0.5, 0.6) is 0 Å². The molecule has 0 aromatic heterocycles. The Morgan fingerprint density at radius 2 is 1.50 bits per heavy atom. The van der Waals surface area contributed by atoms with E-state index in [0.29, 0.717) is 11.6 Å². The highest BCUT2D eigenvalue weighted by atomic mass is 35.5. The van der Waals surface area contributed by atoms with Gasteiger partial charge in [-0.05, 0) is 79.8 Å². The molecule has 0 aliphatic rings. The van der Waals surface area contributed by atoms with Crippen molar-refractivity contribution in [1.82, 2.24) is 5.06 Å². The molecule has 0 bridgehead atoms. The van der Waals surface area contributed by atoms with E-state index in [0.717, 1.165) is 28.7 Å². The van der Waals surface area contributed by atoms with Gasteiger partial charge in [0.15, 0.2) is 0 Å². The fraction of sp³-hybridized carbons (Fsp3) is 0.344. The molecule has 0 aliphatic carbocycles. The number of unbranched alkanes of at least 4 members (excludes halogenated alkanes) is 3. The number of halogens is 1. The third kappa shape index (κ3) is 8.26. The van der Waals surface area contributed by atoms with Gasteiger partial charge in [0.25, 0.3) is 0 Å². The van der Waals surface area contributed by atoms with Crippen LogP contribution in [0.1, 0.15) is 81.2 Å². The van der Waals surface area contributed by atoms with E-state index in [1.165, 1.54) is 38.2 Å². The molecule has 4 heteroatoms. The van der Waals surface area contributed by atoms with E-state index in [-0.39, 0.29) is 5.97 Å². The zero-order valence-electron chi connectivity index (χ0n) is 21.8. The molecule has 3 nitrogen and oxygen atoms in total. The fourth-order valence-electron chi connectivity index (χ4n) is 4.03. The summed E-state index contributed by atoms with van der Waals surface area (Å²) in [7, 11) is 0. The monoisotopic (exact) mass is 501 g/mol. The Morgan fingerprint density at radius 3 is 2.06 bits per heavy atom. The number of carbonyl (C=O) groups excluding carboxylic acids is 1. The predicted molar refractivity (Wildman–Crippen MR) is 148 cm³/mol. The molecule has 3 aromatic rings. The second-order valence-corrected chi connectivity index (χ2v) is 10.1. The Labute approximate surface area is 221 Å². The van der Waals surface area contributed by atoms with Crippen LogP contribution in [0.3, 0.4) is 0 Å². The Kier molecular flexibility index (Phi) is 10.2. The summed E-state index contributed by atoms with van der Waals surface area (Å²) >= 11 is 6.21. The number of benzene rings is 3. The van der Waals surface area contributed by atoms with Gasteiger partial charge in [-0.3, -0.25) is 4.79 Å². The van der Waals surface area contributed by atoms with Crippen molar-refractivity contribution in [1.29, 1.82) is 0 Å². The minimum Gasteiger partial charge on any atom is -0.367 e. The summed E-state index contributed by atoms with van der Waals surface area (Å²) in [6, 6.07) is 24.2. The quantitative estimate of drug-likeness (QED) is 0.160. The molecule has 0 spiro atoms. The van der Waals surface area contributed by atoms with Crippen molar-refractivity contribution in [3.8, 4) is 11.8 Å². The lowest BCUT2D eigenvalue weighted by atomic mass is 9.93. The normalized spacial score (nSPS) is 11.2. The third-order valence-corrected chi connectivity index (χ3v) is 6.53. The SMILES string of the molecule is CCCCCCc1ccc(C#Cc2ccc(CN(OC(C)=O)C(C)(C)c3cccc(Cl)c3)cc2)cc1. The molecule has 0 amide bonds. The lowest BCUT2D eigenvalue weighted by Crippen LogP contribution is -2.42. The number of hydroxylamine groups is 2. The minimum absolute atomic E-state index is 0.362. The van der Waals surface area contributed by atoms with Crippen LogP contribution in [0, 0.1) is 11.8 Å². The average molecular weight is 502 g/mol. The van der Waals surface area contributed by atoms with Crippen molar-refractivity contribution in [2.75, 3.05) is 0 Å². The largest absolute Gasteiger partial charge is 0.367 e. The molecule has 0 radical (unpaired) electrons. The summed E-state index contributed by atoms with van der Waals surface area (Å²) in [6.45, 7) is 8.11. The summed E-state index contributed by atoms with van der Waals surface area (Å²) in [5.41, 5.74) is 4.74. The van der Waals surface area contributed by atoms with E-state index in [9.17, 15) is 4.79 Å². The van der Waals surface area contributed by atoms with E-state index in [2.05, 4.69) is 43.0 Å². The highest BCUT2D eigenvalue weighted by Gasteiger charge is 2.32. The molecule has 0 unspecified atom stereocenters. The first-order valence-electron chi connectivity index (χ1n) is 12.7. The van der Waals surface area contributed by atoms with Gasteiger partial charge in [-0.1, -0.05) is 86.0 Å². The van der Waals surface area contributed by atoms with Gasteiger partial charge in [0, 0.05) is 23.1 Å². The highest BCUT2D eigenvalue weighted by Crippen LogP contribution is 2.31. The van der Waals surface area contributed by atoms with Crippen LogP contribution in [0.4, 0.5) is 0 Å². The molecule has 0 saturated carbocycles. The summed E-state index contributed by atoms with van der Waals surface area (Å²) in [5.74, 6) is 6.15. The summed E-state index contributed by atoms with van der Waals surface area (Å²) in [5, 5.41) is 2.35. The number of hydrogen-bond acceptors (Lipinski definition) is 3. The number of carbonyl (C=O) groups is 1. The lowest BCUT2D eigenvalue weighted by molar-refractivity contribution is -0.222. The molecule has 0 atom stereocenters. The molecule has 3 aromatic carbocycles. The van der Waals surface area contributed by atoms with Gasteiger partial charge in [-0.2, -0.15) is 0 Å². The molecular formula is C32H36ClNO2. The van der Waals surface area contributed by atoms with E-state index >= 15 is 0 Å². The number of nitrogens with zero attached hydrogens (tertiary/aromatic N) is 1. The van der Waals surface area contributed by atoms with Gasteiger partial charge >= 0.3 is 5.97 Å². The molecule has 0 fully saturated rings. The minimum atomic E-state index is -0.572. The van der Waals surface area contributed by atoms with Gasteiger partial charge in [-0.15, -0.1) is 5.06 Å². The van der Waals surface area contributed by atoms with Crippen LogP contribution in [0.2, 0.25) is 5.02 Å². The zero-order valence-corrected chi connectivity index (χ0v) is 22.6. The maximum atomic E-state index is 11.9. The lowest BCUT2D eigenvalue weighted by Gasteiger charge is -2.37. The number of hydrogen-bond donors (Lipinski definition) is 0. The second-order valence-electron chi connectivity index (χ2n) is 9.64. The van der Waals surface area contributed by atoms with Gasteiger partial charge in [0.2, 0.25) is 0 Å². The van der Waals surface area contributed by atoms with Crippen LogP contribution in [0.25, 0.3) is 0 Å². The first kappa shape index (κ1) is 27.5. The van der Waals surface area contributed by atoms with Crippen LogP contribution in [-0.4, -0.2) is 11.0 Å². The molecule has 36 heavy (non-hydrogen) atoms. The molecule has 3 rings (SSSR count). The predicted octanol–water partition coefficient (Wildman–Crippen LogP) is 8.08. The zero-order chi connectivity index (χ0) is 26.0. The molecular weight excluding hydrogens is 466 g/mol. The smallest absolute Gasteiger partial charge is 0.322 e. The number of rotatable bonds is 10. The number of aryl methyl sites for hydroxylation is 1. The summed E-state index contributed by atoms with van der Waals surface area (Å²) in [4.78, 5) is 17.5.